The SMILES string of the molecule is COC[C@H](C)NCCN1CCCc2ccccc21. The second-order valence-electron chi connectivity index (χ2n) is 5.03. The van der Waals surface area contributed by atoms with E-state index in [-0.39, 0.29) is 0 Å². The van der Waals surface area contributed by atoms with Crippen LogP contribution in [0.15, 0.2) is 24.3 Å². The molecule has 1 heterocycles. The maximum absolute atomic E-state index is 5.13. The minimum absolute atomic E-state index is 0.426. The van der Waals surface area contributed by atoms with E-state index in [2.05, 4.69) is 41.4 Å². The molecule has 0 bridgehead atoms. The number of para-hydroxylation sites is 1. The van der Waals surface area contributed by atoms with E-state index in [4.69, 9.17) is 4.74 Å². The van der Waals surface area contributed by atoms with Crippen molar-refractivity contribution in [2.75, 3.05) is 38.3 Å². The van der Waals surface area contributed by atoms with Crippen molar-refractivity contribution < 1.29 is 4.74 Å². The predicted molar refractivity (Wildman–Crippen MR) is 76.3 cm³/mol. The van der Waals surface area contributed by atoms with Crippen molar-refractivity contribution in [2.45, 2.75) is 25.8 Å². The van der Waals surface area contributed by atoms with Crippen LogP contribution in [0.2, 0.25) is 0 Å². The Balaban J connectivity index is 1.84. The third-order valence-corrected chi connectivity index (χ3v) is 3.50. The van der Waals surface area contributed by atoms with Crippen molar-refractivity contribution in [1.29, 1.82) is 0 Å². The summed E-state index contributed by atoms with van der Waals surface area (Å²) in [7, 11) is 1.75. The summed E-state index contributed by atoms with van der Waals surface area (Å²) in [5.74, 6) is 0. The molecule has 0 fully saturated rings. The van der Waals surface area contributed by atoms with Gasteiger partial charge in [-0.25, -0.2) is 0 Å². The standard InChI is InChI=1S/C15H24N2O/c1-13(12-18-2)16-9-11-17-10-5-7-14-6-3-4-8-15(14)17/h3-4,6,8,13,16H,5,7,9-12H2,1-2H3/t13-/m0/s1. The van der Waals surface area contributed by atoms with Gasteiger partial charge in [-0.15, -0.1) is 0 Å². The molecule has 0 spiro atoms. The van der Waals surface area contributed by atoms with Gasteiger partial charge in [0.25, 0.3) is 0 Å². The molecule has 1 atom stereocenters. The van der Waals surface area contributed by atoms with Gasteiger partial charge >= 0.3 is 0 Å². The van der Waals surface area contributed by atoms with Gasteiger partial charge in [-0.3, -0.25) is 0 Å². The molecule has 0 unspecified atom stereocenters. The van der Waals surface area contributed by atoms with Crippen molar-refractivity contribution in [1.82, 2.24) is 5.32 Å². The molecule has 1 N–H and O–H groups in total. The Labute approximate surface area is 110 Å². The summed E-state index contributed by atoms with van der Waals surface area (Å²) >= 11 is 0. The highest BCUT2D eigenvalue weighted by molar-refractivity contribution is 5.55. The third kappa shape index (κ3) is 3.47. The lowest BCUT2D eigenvalue weighted by Gasteiger charge is -2.31. The Morgan fingerprint density at radius 3 is 3.06 bits per heavy atom. The Hall–Kier alpha value is -1.06. The van der Waals surface area contributed by atoms with Crippen LogP contribution in [0.1, 0.15) is 18.9 Å². The first-order chi connectivity index (χ1) is 8.81. The summed E-state index contributed by atoms with van der Waals surface area (Å²) in [6, 6.07) is 9.20. The molecule has 3 heteroatoms. The number of nitrogens with one attached hydrogen (secondary N) is 1. The van der Waals surface area contributed by atoms with Crippen LogP contribution < -0.4 is 10.2 Å². The minimum Gasteiger partial charge on any atom is -0.383 e. The Morgan fingerprint density at radius 2 is 2.22 bits per heavy atom. The summed E-state index contributed by atoms with van der Waals surface area (Å²) < 4.78 is 5.13. The molecule has 3 nitrogen and oxygen atoms in total. The van der Waals surface area contributed by atoms with E-state index in [1.54, 1.807) is 7.11 Å². The second kappa shape index (κ2) is 6.76. The number of benzene rings is 1. The molecule has 1 aromatic carbocycles. The van der Waals surface area contributed by atoms with E-state index in [0.717, 1.165) is 19.7 Å². The highest BCUT2D eigenvalue weighted by Gasteiger charge is 2.15. The number of nitrogens with zero attached hydrogens (tertiary/aromatic N) is 1. The van der Waals surface area contributed by atoms with Crippen LogP contribution in [0.4, 0.5) is 5.69 Å². The van der Waals surface area contributed by atoms with Gasteiger partial charge in [-0.05, 0) is 31.4 Å². The lowest BCUT2D eigenvalue weighted by atomic mass is 10.0. The molecular weight excluding hydrogens is 224 g/mol. The molecule has 100 valence electrons. The third-order valence-electron chi connectivity index (χ3n) is 3.50. The van der Waals surface area contributed by atoms with Gasteiger partial charge in [-0.1, -0.05) is 18.2 Å². The highest BCUT2D eigenvalue weighted by Crippen LogP contribution is 2.25. The van der Waals surface area contributed by atoms with E-state index in [9.17, 15) is 0 Å². The van der Waals surface area contributed by atoms with Crippen molar-refractivity contribution in [2.24, 2.45) is 0 Å². The number of aryl methyl sites for hydroxylation is 1. The Morgan fingerprint density at radius 1 is 1.39 bits per heavy atom. The van der Waals surface area contributed by atoms with Crippen molar-refractivity contribution in [3.05, 3.63) is 29.8 Å². The number of ether oxygens (including phenoxy) is 1. The summed E-state index contributed by atoms with van der Waals surface area (Å²) in [5.41, 5.74) is 2.92. The van der Waals surface area contributed by atoms with Crippen LogP contribution in [0.25, 0.3) is 0 Å². The van der Waals surface area contributed by atoms with Crippen molar-refractivity contribution in [3.8, 4) is 0 Å². The van der Waals surface area contributed by atoms with Crippen LogP contribution in [-0.4, -0.2) is 39.4 Å². The Kier molecular flexibility index (Phi) is 5.02. The first-order valence-electron chi connectivity index (χ1n) is 6.86. The predicted octanol–water partition coefficient (Wildman–Crippen LogP) is 2.06. The van der Waals surface area contributed by atoms with E-state index in [0.29, 0.717) is 6.04 Å². The topological polar surface area (TPSA) is 24.5 Å². The normalized spacial score (nSPS) is 16.4. The summed E-state index contributed by atoms with van der Waals surface area (Å²) in [6.45, 7) is 6.20. The van der Waals surface area contributed by atoms with Gasteiger partial charge in [-0.2, -0.15) is 0 Å². The lowest BCUT2D eigenvalue weighted by molar-refractivity contribution is 0.172. The smallest absolute Gasteiger partial charge is 0.0613 e. The van der Waals surface area contributed by atoms with Crippen LogP contribution >= 0.6 is 0 Å². The fourth-order valence-electron chi connectivity index (χ4n) is 2.60. The summed E-state index contributed by atoms with van der Waals surface area (Å²) in [6.07, 6.45) is 2.49. The molecule has 2 rings (SSSR count). The first-order valence-corrected chi connectivity index (χ1v) is 6.86. The number of anilines is 1. The van der Waals surface area contributed by atoms with Crippen LogP contribution in [0.5, 0.6) is 0 Å². The van der Waals surface area contributed by atoms with E-state index in [1.807, 2.05) is 0 Å². The Bertz CT molecular complexity index is 367. The second-order valence-corrected chi connectivity index (χ2v) is 5.03. The average molecular weight is 248 g/mol. The summed E-state index contributed by atoms with van der Waals surface area (Å²) in [5, 5.41) is 3.49. The minimum atomic E-state index is 0.426. The number of hydrogen-bond acceptors (Lipinski definition) is 3. The van der Waals surface area contributed by atoms with Crippen LogP contribution in [0, 0.1) is 0 Å². The van der Waals surface area contributed by atoms with Gasteiger partial charge in [0.15, 0.2) is 0 Å². The van der Waals surface area contributed by atoms with Crippen molar-refractivity contribution >= 4 is 5.69 Å². The van der Waals surface area contributed by atoms with Gasteiger partial charge in [0, 0.05) is 38.5 Å². The molecule has 1 aromatic rings. The van der Waals surface area contributed by atoms with Crippen molar-refractivity contribution in [3.63, 3.8) is 0 Å². The quantitative estimate of drug-likeness (QED) is 0.834. The zero-order chi connectivity index (χ0) is 12.8. The maximum atomic E-state index is 5.13. The first kappa shape index (κ1) is 13.4. The molecule has 1 aliphatic heterocycles. The van der Waals surface area contributed by atoms with E-state index in [1.165, 1.54) is 30.6 Å². The molecule has 1 aliphatic rings. The summed E-state index contributed by atoms with van der Waals surface area (Å²) in [4.78, 5) is 2.49. The lowest BCUT2D eigenvalue weighted by Crippen LogP contribution is -2.39. The van der Waals surface area contributed by atoms with Gasteiger partial charge < -0.3 is 15.0 Å². The molecule has 0 aliphatic carbocycles. The monoisotopic (exact) mass is 248 g/mol. The zero-order valence-electron chi connectivity index (χ0n) is 11.5. The number of methoxy groups -OCH3 is 1. The molecule has 18 heavy (non-hydrogen) atoms. The maximum Gasteiger partial charge on any atom is 0.0613 e. The molecular formula is C15H24N2O. The fraction of sp³-hybridized carbons (Fsp3) is 0.600. The number of rotatable bonds is 6. The number of fused-ring (bicyclic) bond motifs is 1. The fourth-order valence-corrected chi connectivity index (χ4v) is 2.60. The van der Waals surface area contributed by atoms with E-state index < -0.39 is 0 Å². The van der Waals surface area contributed by atoms with E-state index >= 15 is 0 Å². The average Bonchev–Trinajstić information content (AvgIpc) is 2.39. The highest BCUT2D eigenvalue weighted by atomic mass is 16.5. The molecule has 0 aromatic heterocycles. The van der Waals surface area contributed by atoms with Crippen LogP contribution in [-0.2, 0) is 11.2 Å². The van der Waals surface area contributed by atoms with Gasteiger partial charge in [0.2, 0.25) is 0 Å². The molecule has 0 amide bonds. The molecule has 0 saturated carbocycles. The number of hydrogen-bond donors (Lipinski definition) is 1. The van der Waals surface area contributed by atoms with Crippen LogP contribution in [0.3, 0.4) is 0 Å². The molecule has 0 saturated heterocycles. The van der Waals surface area contributed by atoms with Gasteiger partial charge in [0.05, 0.1) is 6.61 Å². The molecule has 0 radical (unpaired) electrons. The zero-order valence-corrected chi connectivity index (χ0v) is 11.5. The van der Waals surface area contributed by atoms with Gasteiger partial charge in [0.1, 0.15) is 0 Å². The largest absolute Gasteiger partial charge is 0.383 e.